The molecular formula is C20H29N7O2. The second-order valence-electron chi connectivity index (χ2n) is 7.86. The molecule has 2 aliphatic heterocycles. The van der Waals surface area contributed by atoms with Gasteiger partial charge in [-0.15, -0.1) is 0 Å². The normalized spacial score (nSPS) is 21.6. The average Bonchev–Trinajstić information content (AvgIpc) is 3.35. The maximum Gasteiger partial charge on any atom is 0.324 e. The Kier molecular flexibility index (Phi) is 5.66. The van der Waals surface area contributed by atoms with Crippen LogP contribution in [0.25, 0.3) is 0 Å². The molecule has 0 aromatic carbocycles. The summed E-state index contributed by atoms with van der Waals surface area (Å²) < 4.78 is 11.5. The highest BCUT2D eigenvalue weighted by molar-refractivity contribution is 5.39. The van der Waals surface area contributed by atoms with E-state index in [1.54, 1.807) is 12.4 Å². The van der Waals surface area contributed by atoms with E-state index in [0.29, 0.717) is 36.7 Å². The largest absolute Gasteiger partial charge is 0.487 e. The number of hydrogen-bond donors (Lipinski definition) is 1. The molecule has 156 valence electrons. The Balaban J connectivity index is 1.28. The summed E-state index contributed by atoms with van der Waals surface area (Å²) in [4.78, 5) is 17.5. The van der Waals surface area contributed by atoms with Gasteiger partial charge in [0.05, 0.1) is 18.5 Å². The fourth-order valence-electron chi connectivity index (χ4n) is 3.87. The van der Waals surface area contributed by atoms with Crippen LogP contribution in [0.2, 0.25) is 0 Å². The van der Waals surface area contributed by atoms with E-state index in [-0.39, 0.29) is 12.1 Å². The van der Waals surface area contributed by atoms with E-state index in [4.69, 9.17) is 15.0 Å². The second-order valence-corrected chi connectivity index (χ2v) is 7.86. The summed E-state index contributed by atoms with van der Waals surface area (Å²) in [6.07, 6.45) is 6.37. The first-order valence-electron chi connectivity index (χ1n) is 10.3. The molecule has 0 spiro atoms. The van der Waals surface area contributed by atoms with E-state index in [1.165, 1.54) is 0 Å². The first-order chi connectivity index (χ1) is 14.0. The lowest BCUT2D eigenvalue weighted by atomic mass is 9.92. The Labute approximate surface area is 170 Å². The lowest BCUT2D eigenvalue weighted by molar-refractivity contribution is 0.131. The van der Waals surface area contributed by atoms with E-state index >= 15 is 0 Å². The molecule has 2 aromatic heterocycles. The quantitative estimate of drug-likeness (QED) is 0.728. The summed E-state index contributed by atoms with van der Waals surface area (Å²) in [6.45, 7) is 11.3. The van der Waals surface area contributed by atoms with E-state index in [9.17, 15) is 0 Å². The topological polar surface area (TPSA) is 106 Å². The minimum absolute atomic E-state index is 0.0128. The SMILES string of the molecule is C=C1CN(c2ncc(O[C@@H](C)C3CCN(c4nc(CC)no4)CC3)cn2)C[C@@H]1N. The molecule has 4 heterocycles. The molecule has 0 unspecified atom stereocenters. The number of aryl methyl sites for hydroxylation is 1. The van der Waals surface area contributed by atoms with Crippen LogP contribution in [0.4, 0.5) is 12.0 Å². The molecule has 2 aromatic rings. The molecule has 0 amide bonds. The fraction of sp³-hybridized carbons (Fsp3) is 0.600. The number of piperidine rings is 1. The van der Waals surface area contributed by atoms with Crippen molar-refractivity contribution in [1.82, 2.24) is 20.1 Å². The molecule has 2 saturated heterocycles. The van der Waals surface area contributed by atoms with Crippen LogP contribution in [-0.4, -0.2) is 58.4 Å². The third-order valence-electron chi connectivity index (χ3n) is 5.80. The Morgan fingerprint density at radius 1 is 1.28 bits per heavy atom. The zero-order chi connectivity index (χ0) is 20.4. The maximum absolute atomic E-state index is 6.12. The van der Waals surface area contributed by atoms with Crippen molar-refractivity contribution in [3.63, 3.8) is 0 Å². The fourth-order valence-corrected chi connectivity index (χ4v) is 3.87. The van der Waals surface area contributed by atoms with Gasteiger partial charge in [0.1, 0.15) is 0 Å². The van der Waals surface area contributed by atoms with Crippen molar-refractivity contribution in [3.05, 3.63) is 30.4 Å². The maximum atomic E-state index is 6.12. The number of hydrogen-bond acceptors (Lipinski definition) is 9. The van der Waals surface area contributed by atoms with Gasteiger partial charge >= 0.3 is 6.01 Å². The summed E-state index contributed by atoms with van der Waals surface area (Å²) in [5.74, 6) is 2.57. The van der Waals surface area contributed by atoms with Crippen molar-refractivity contribution in [3.8, 4) is 5.75 Å². The molecule has 2 aliphatic rings. The van der Waals surface area contributed by atoms with Gasteiger partial charge in [-0.1, -0.05) is 18.7 Å². The van der Waals surface area contributed by atoms with Gasteiger partial charge in [0.15, 0.2) is 11.6 Å². The Morgan fingerprint density at radius 2 is 2.00 bits per heavy atom. The van der Waals surface area contributed by atoms with E-state index in [0.717, 1.165) is 43.7 Å². The Hall–Kier alpha value is -2.68. The monoisotopic (exact) mass is 399 g/mol. The van der Waals surface area contributed by atoms with Crippen molar-refractivity contribution < 1.29 is 9.26 Å². The van der Waals surface area contributed by atoms with Crippen molar-refractivity contribution in [2.24, 2.45) is 11.7 Å². The average molecular weight is 399 g/mol. The highest BCUT2D eigenvalue weighted by Crippen LogP contribution is 2.27. The zero-order valence-corrected chi connectivity index (χ0v) is 17.1. The summed E-state index contributed by atoms with van der Waals surface area (Å²) in [6, 6.07) is 0.614. The first-order valence-corrected chi connectivity index (χ1v) is 10.3. The van der Waals surface area contributed by atoms with Crippen LogP contribution in [0.3, 0.4) is 0 Å². The smallest absolute Gasteiger partial charge is 0.324 e. The molecule has 2 fully saturated rings. The summed E-state index contributed by atoms with van der Waals surface area (Å²) in [7, 11) is 0. The molecule has 29 heavy (non-hydrogen) atoms. The molecule has 9 nitrogen and oxygen atoms in total. The van der Waals surface area contributed by atoms with Gasteiger partial charge in [-0.25, -0.2) is 9.97 Å². The summed E-state index contributed by atoms with van der Waals surface area (Å²) >= 11 is 0. The third-order valence-corrected chi connectivity index (χ3v) is 5.80. The molecular weight excluding hydrogens is 370 g/mol. The molecule has 2 N–H and O–H groups in total. The second kappa shape index (κ2) is 8.36. The zero-order valence-electron chi connectivity index (χ0n) is 17.1. The number of anilines is 2. The van der Waals surface area contributed by atoms with Crippen LogP contribution in [0.1, 0.15) is 32.5 Å². The van der Waals surface area contributed by atoms with Gasteiger partial charge in [0.25, 0.3) is 0 Å². The summed E-state index contributed by atoms with van der Waals surface area (Å²) in [5.41, 5.74) is 7.02. The predicted molar refractivity (Wildman–Crippen MR) is 110 cm³/mol. The van der Waals surface area contributed by atoms with Crippen LogP contribution in [0, 0.1) is 5.92 Å². The molecule has 4 rings (SSSR count). The third kappa shape index (κ3) is 4.34. The molecule has 0 saturated carbocycles. The minimum atomic E-state index is -0.0128. The van der Waals surface area contributed by atoms with Crippen molar-refractivity contribution in [2.45, 2.75) is 45.3 Å². The van der Waals surface area contributed by atoms with E-state index in [2.05, 4.69) is 38.5 Å². The number of aromatic nitrogens is 4. The Morgan fingerprint density at radius 3 is 2.59 bits per heavy atom. The Bertz CT molecular complexity index is 830. The van der Waals surface area contributed by atoms with Crippen LogP contribution in [-0.2, 0) is 6.42 Å². The molecule has 0 radical (unpaired) electrons. The lowest BCUT2D eigenvalue weighted by Crippen LogP contribution is -2.38. The van der Waals surface area contributed by atoms with Gasteiger partial charge in [0, 0.05) is 38.6 Å². The highest BCUT2D eigenvalue weighted by atomic mass is 16.5. The van der Waals surface area contributed by atoms with E-state index in [1.807, 2.05) is 11.8 Å². The number of rotatable bonds is 6. The van der Waals surface area contributed by atoms with Crippen LogP contribution >= 0.6 is 0 Å². The van der Waals surface area contributed by atoms with Crippen LogP contribution in [0.5, 0.6) is 5.75 Å². The van der Waals surface area contributed by atoms with Gasteiger partial charge < -0.3 is 24.8 Å². The van der Waals surface area contributed by atoms with Crippen molar-refractivity contribution in [2.75, 3.05) is 36.0 Å². The minimum Gasteiger partial charge on any atom is -0.487 e. The van der Waals surface area contributed by atoms with Crippen molar-refractivity contribution in [1.29, 1.82) is 0 Å². The van der Waals surface area contributed by atoms with Gasteiger partial charge in [0.2, 0.25) is 5.95 Å². The molecule has 2 atom stereocenters. The lowest BCUT2D eigenvalue weighted by Gasteiger charge is -2.33. The number of nitrogens with two attached hydrogens (primary N) is 1. The summed E-state index contributed by atoms with van der Waals surface area (Å²) in [5, 5.41) is 3.98. The van der Waals surface area contributed by atoms with Crippen LogP contribution in [0.15, 0.2) is 29.1 Å². The molecule has 9 heteroatoms. The molecule has 0 bridgehead atoms. The predicted octanol–water partition coefficient (Wildman–Crippen LogP) is 1.81. The van der Waals surface area contributed by atoms with Gasteiger partial charge in [-0.3, -0.25) is 0 Å². The van der Waals surface area contributed by atoms with Crippen LogP contribution < -0.4 is 20.3 Å². The highest BCUT2D eigenvalue weighted by Gasteiger charge is 2.28. The van der Waals surface area contributed by atoms with E-state index < -0.39 is 0 Å². The molecule has 0 aliphatic carbocycles. The standard InChI is InChI=1S/C20H29N7O2/c1-4-18-24-20(29-25-18)26-7-5-15(6-8-26)14(3)28-16-9-22-19(23-10-16)27-11-13(2)17(21)12-27/h9-10,14-15,17H,2,4-8,11-12,21H2,1,3H3/t14-,17-/m0/s1. The van der Waals surface area contributed by atoms with Gasteiger partial charge in [-0.05, 0) is 31.3 Å². The van der Waals surface area contributed by atoms with Crippen molar-refractivity contribution >= 4 is 12.0 Å². The number of ether oxygens (including phenoxy) is 1. The number of nitrogens with zero attached hydrogens (tertiary/aromatic N) is 6. The first kappa shape index (κ1) is 19.6. The van der Waals surface area contributed by atoms with Gasteiger partial charge in [-0.2, -0.15) is 4.98 Å².